The van der Waals surface area contributed by atoms with Crippen LogP contribution < -0.4 is 4.74 Å². The molecule has 2 aromatic rings. The lowest BCUT2D eigenvalue weighted by molar-refractivity contribution is 0.211. The maximum absolute atomic E-state index is 12.9. The Morgan fingerprint density at radius 1 is 1.07 bits per heavy atom. The molecule has 0 aliphatic heterocycles. The molecule has 0 fully saturated rings. The van der Waals surface area contributed by atoms with Crippen LogP contribution in [0.1, 0.15) is 51.2 Å². The van der Waals surface area contributed by atoms with Gasteiger partial charge < -0.3 is 18.9 Å². The van der Waals surface area contributed by atoms with Crippen molar-refractivity contribution in [1.29, 1.82) is 0 Å². The zero-order chi connectivity index (χ0) is 21.6. The second-order valence-corrected chi connectivity index (χ2v) is 10.6. The number of ether oxygens (including phenoxy) is 1. The van der Waals surface area contributed by atoms with Crippen LogP contribution in [0.4, 0.5) is 0 Å². The number of aromatic hydroxyl groups is 1. The predicted molar refractivity (Wildman–Crippen MR) is 123 cm³/mol. The molecule has 2 aromatic carbocycles. The van der Waals surface area contributed by atoms with Crippen LogP contribution in [-0.2, 0) is 19.8 Å². The van der Waals surface area contributed by atoms with Gasteiger partial charge in [-0.1, -0.05) is 20.8 Å². The molecule has 1 atom stereocenters. The van der Waals surface area contributed by atoms with Gasteiger partial charge in [0, 0.05) is 5.56 Å². The molecule has 0 amide bonds. The highest BCUT2D eigenvalue weighted by atomic mass is 79.9. The molecule has 0 bridgehead atoms. The summed E-state index contributed by atoms with van der Waals surface area (Å²) >= 11 is 7.08. The number of phenolic OH excluding ortho intramolecular Hbond substituents is 1. The first-order chi connectivity index (χ1) is 13.7. The van der Waals surface area contributed by atoms with Gasteiger partial charge in [-0.2, -0.15) is 0 Å². The highest BCUT2D eigenvalue weighted by Crippen LogP contribution is 2.52. The van der Waals surface area contributed by atoms with Crippen LogP contribution in [0, 0.1) is 0 Å². The zero-order valence-corrected chi connectivity index (χ0v) is 21.1. The third kappa shape index (κ3) is 6.83. The van der Waals surface area contributed by atoms with Crippen molar-refractivity contribution in [2.45, 2.75) is 46.2 Å². The zero-order valence-electron chi connectivity index (χ0n) is 17.1. The van der Waals surface area contributed by atoms with E-state index >= 15 is 0 Å². The number of hydrogen-bond acceptors (Lipinski definition) is 5. The minimum Gasteiger partial charge on any atom is -0.508 e. The molecule has 160 valence electrons. The van der Waals surface area contributed by atoms with Crippen LogP contribution in [-0.4, -0.2) is 18.3 Å². The summed E-state index contributed by atoms with van der Waals surface area (Å²) in [5, 5.41) is 10.0. The Morgan fingerprint density at radius 3 is 2.28 bits per heavy atom. The molecule has 0 spiro atoms. The van der Waals surface area contributed by atoms with Gasteiger partial charge in [-0.25, -0.2) is 0 Å². The fourth-order valence-corrected chi connectivity index (χ4v) is 5.94. The standard InChI is InChI=1S/C21H27Br2O5P/c1-5-9-27-29(25,26-6-2)13-15-10-18(22)21(19(23)11-15)28-16-7-8-20(24)17(12-16)14(3)4/h7-8,10-12,14,24H,5-6,9,13H2,1-4H3. The van der Waals surface area contributed by atoms with Gasteiger partial charge in [0.25, 0.3) is 0 Å². The SMILES string of the molecule is CCCOP(=O)(Cc1cc(Br)c(Oc2ccc(O)c(C(C)C)c2)c(Br)c1)OCC. The van der Waals surface area contributed by atoms with E-state index in [0.717, 1.165) is 17.5 Å². The lowest BCUT2D eigenvalue weighted by Crippen LogP contribution is -2.01. The smallest absolute Gasteiger partial charge is 0.335 e. The summed E-state index contributed by atoms with van der Waals surface area (Å²) in [4.78, 5) is 0. The molecule has 1 unspecified atom stereocenters. The second-order valence-electron chi connectivity index (χ2n) is 6.89. The molecule has 1 N–H and O–H groups in total. The van der Waals surface area contributed by atoms with E-state index in [1.165, 1.54) is 0 Å². The average Bonchev–Trinajstić information content (AvgIpc) is 2.64. The maximum Gasteiger partial charge on any atom is 0.335 e. The number of phenols is 1. The predicted octanol–water partition coefficient (Wildman–Crippen LogP) is 7.99. The van der Waals surface area contributed by atoms with Crippen LogP contribution in [0.5, 0.6) is 17.2 Å². The van der Waals surface area contributed by atoms with E-state index in [2.05, 4.69) is 31.9 Å². The molecule has 0 aromatic heterocycles. The van der Waals surface area contributed by atoms with Gasteiger partial charge in [-0.15, -0.1) is 0 Å². The van der Waals surface area contributed by atoms with Gasteiger partial charge in [0.15, 0.2) is 5.75 Å². The number of benzene rings is 2. The lowest BCUT2D eigenvalue weighted by atomic mass is 10.0. The molecule has 0 saturated heterocycles. The van der Waals surface area contributed by atoms with Crippen molar-refractivity contribution in [1.82, 2.24) is 0 Å². The molecule has 0 aliphatic carbocycles. The maximum atomic E-state index is 12.9. The van der Waals surface area contributed by atoms with Crippen LogP contribution in [0.15, 0.2) is 39.3 Å². The molecule has 0 aliphatic rings. The summed E-state index contributed by atoms with van der Waals surface area (Å²) < 4.78 is 31.4. The van der Waals surface area contributed by atoms with E-state index in [1.807, 2.05) is 39.0 Å². The molecular weight excluding hydrogens is 523 g/mol. The summed E-state index contributed by atoms with van der Waals surface area (Å²) in [6.45, 7) is 8.49. The van der Waals surface area contributed by atoms with Crippen molar-refractivity contribution in [2.75, 3.05) is 13.2 Å². The normalized spacial score (nSPS) is 13.5. The third-order valence-corrected chi connectivity index (χ3v) is 7.25. The van der Waals surface area contributed by atoms with Crippen LogP contribution in [0.25, 0.3) is 0 Å². The number of rotatable bonds is 10. The van der Waals surface area contributed by atoms with Gasteiger partial charge in [-0.05, 0) is 87.0 Å². The molecule has 0 heterocycles. The third-order valence-electron chi connectivity index (χ3n) is 4.09. The number of hydrogen-bond donors (Lipinski definition) is 1. The van der Waals surface area contributed by atoms with Crippen LogP contribution >= 0.6 is 39.5 Å². The summed E-state index contributed by atoms with van der Waals surface area (Å²) in [5.41, 5.74) is 1.62. The van der Waals surface area contributed by atoms with E-state index in [0.29, 0.717) is 33.7 Å². The van der Waals surface area contributed by atoms with Crippen molar-refractivity contribution < 1.29 is 23.5 Å². The summed E-state index contributed by atoms with van der Waals surface area (Å²) in [6, 6.07) is 8.88. The molecule has 0 radical (unpaired) electrons. The van der Waals surface area contributed by atoms with Crippen molar-refractivity contribution in [2.24, 2.45) is 0 Å². The Kier molecular flexibility index (Phi) is 9.23. The second kappa shape index (κ2) is 11.0. The molecule has 2 rings (SSSR count). The van der Waals surface area contributed by atoms with E-state index in [1.54, 1.807) is 19.1 Å². The molecule has 29 heavy (non-hydrogen) atoms. The quantitative estimate of drug-likeness (QED) is 0.304. The van der Waals surface area contributed by atoms with Crippen molar-refractivity contribution in [3.8, 4) is 17.2 Å². The minimum absolute atomic E-state index is 0.170. The van der Waals surface area contributed by atoms with Crippen molar-refractivity contribution in [3.63, 3.8) is 0 Å². The van der Waals surface area contributed by atoms with Gasteiger partial charge in [-0.3, -0.25) is 4.57 Å². The van der Waals surface area contributed by atoms with E-state index < -0.39 is 7.60 Å². The molecule has 5 nitrogen and oxygen atoms in total. The van der Waals surface area contributed by atoms with E-state index in [9.17, 15) is 9.67 Å². The van der Waals surface area contributed by atoms with E-state index in [-0.39, 0.29) is 17.8 Å². The van der Waals surface area contributed by atoms with Crippen LogP contribution in [0.2, 0.25) is 0 Å². The minimum atomic E-state index is -3.21. The van der Waals surface area contributed by atoms with Crippen molar-refractivity contribution >= 4 is 39.5 Å². The summed E-state index contributed by atoms with van der Waals surface area (Å²) in [7, 11) is -3.21. The van der Waals surface area contributed by atoms with Crippen molar-refractivity contribution in [3.05, 3.63) is 50.4 Å². The fraction of sp³-hybridized carbons (Fsp3) is 0.429. The van der Waals surface area contributed by atoms with Gasteiger partial charge in [0.1, 0.15) is 11.5 Å². The molecular formula is C21H27Br2O5P. The largest absolute Gasteiger partial charge is 0.508 e. The topological polar surface area (TPSA) is 65.0 Å². The lowest BCUT2D eigenvalue weighted by Gasteiger charge is -2.19. The fourth-order valence-electron chi connectivity index (χ4n) is 2.76. The van der Waals surface area contributed by atoms with Gasteiger partial charge in [0.2, 0.25) is 0 Å². The van der Waals surface area contributed by atoms with E-state index in [4.69, 9.17) is 13.8 Å². The Hall–Kier alpha value is -0.850. The summed E-state index contributed by atoms with van der Waals surface area (Å²) in [6.07, 6.45) is 0.942. The van der Waals surface area contributed by atoms with Gasteiger partial charge in [0.05, 0.1) is 28.3 Å². The number of halogens is 2. The Labute approximate surface area is 189 Å². The average molecular weight is 550 g/mol. The first kappa shape index (κ1) is 24.4. The monoisotopic (exact) mass is 548 g/mol. The van der Waals surface area contributed by atoms with Crippen LogP contribution in [0.3, 0.4) is 0 Å². The Balaban J connectivity index is 2.27. The molecule has 0 saturated carbocycles. The highest BCUT2D eigenvalue weighted by Gasteiger charge is 2.25. The Morgan fingerprint density at radius 2 is 1.72 bits per heavy atom. The summed E-state index contributed by atoms with van der Waals surface area (Å²) in [5.74, 6) is 1.63. The first-order valence-corrected chi connectivity index (χ1v) is 12.9. The Bertz CT molecular complexity index is 862. The first-order valence-electron chi connectivity index (χ1n) is 9.55. The molecule has 8 heteroatoms. The van der Waals surface area contributed by atoms with Gasteiger partial charge >= 0.3 is 7.60 Å². The highest BCUT2D eigenvalue weighted by molar-refractivity contribution is 9.11.